The van der Waals surface area contributed by atoms with E-state index < -0.39 is 17.7 Å². The molecule has 0 radical (unpaired) electrons. The standard InChI is InChI=1S/C19H20BrN5O4S/c20-13-2-1-3-14(9-13)25-10-12(8-16(25)26)17(27)22-23-18(28)15-11-30-19(21-15)24-4-6-29-7-5-24/h1-3,9,11-12H,4-8,10H2,(H,22,27)(H,23,28). The van der Waals surface area contributed by atoms with Gasteiger partial charge in [0.15, 0.2) is 5.13 Å². The molecule has 1 aromatic carbocycles. The van der Waals surface area contributed by atoms with Crippen LogP contribution in [0.15, 0.2) is 34.1 Å². The van der Waals surface area contributed by atoms with Crippen molar-refractivity contribution in [2.75, 3.05) is 42.6 Å². The predicted octanol–water partition coefficient (Wildman–Crippen LogP) is 1.56. The monoisotopic (exact) mass is 493 g/mol. The third-order valence-electron chi connectivity index (χ3n) is 4.92. The molecule has 0 spiro atoms. The van der Waals surface area contributed by atoms with E-state index in [1.54, 1.807) is 10.3 Å². The number of ether oxygens (including phenoxy) is 1. The molecule has 1 atom stereocenters. The van der Waals surface area contributed by atoms with Gasteiger partial charge < -0.3 is 14.5 Å². The van der Waals surface area contributed by atoms with Crippen molar-refractivity contribution in [1.82, 2.24) is 15.8 Å². The quantitative estimate of drug-likeness (QED) is 0.626. The number of aromatic nitrogens is 1. The number of hydrogen-bond acceptors (Lipinski definition) is 7. The molecule has 2 aromatic rings. The minimum absolute atomic E-state index is 0.0894. The molecule has 0 bridgehead atoms. The third-order valence-corrected chi connectivity index (χ3v) is 6.32. The Labute approximate surface area is 185 Å². The number of hydrogen-bond donors (Lipinski definition) is 2. The van der Waals surface area contributed by atoms with Gasteiger partial charge >= 0.3 is 0 Å². The van der Waals surface area contributed by atoms with Crippen LogP contribution >= 0.6 is 27.3 Å². The number of thiazole rings is 1. The predicted molar refractivity (Wildman–Crippen MR) is 115 cm³/mol. The van der Waals surface area contributed by atoms with Gasteiger partial charge in [-0.15, -0.1) is 11.3 Å². The SMILES string of the molecule is O=C(NNC(=O)C1CC(=O)N(c2cccc(Br)c2)C1)c1csc(N2CCOCC2)n1. The molecule has 158 valence electrons. The summed E-state index contributed by atoms with van der Waals surface area (Å²) in [6.45, 7) is 2.99. The number of rotatable bonds is 4. The van der Waals surface area contributed by atoms with Crippen LogP contribution < -0.4 is 20.7 Å². The molecule has 9 nitrogen and oxygen atoms in total. The molecule has 1 unspecified atom stereocenters. The van der Waals surface area contributed by atoms with Gasteiger partial charge in [-0.2, -0.15) is 0 Å². The van der Waals surface area contributed by atoms with Gasteiger partial charge in [-0.1, -0.05) is 22.0 Å². The fourth-order valence-corrected chi connectivity index (χ4v) is 4.58. The topological polar surface area (TPSA) is 104 Å². The van der Waals surface area contributed by atoms with Crippen LogP contribution in [0, 0.1) is 5.92 Å². The van der Waals surface area contributed by atoms with Gasteiger partial charge in [0.1, 0.15) is 5.69 Å². The summed E-state index contributed by atoms with van der Waals surface area (Å²) >= 11 is 4.76. The zero-order valence-corrected chi connectivity index (χ0v) is 18.4. The van der Waals surface area contributed by atoms with Gasteiger partial charge in [-0.25, -0.2) is 4.98 Å². The first-order valence-corrected chi connectivity index (χ1v) is 11.1. The lowest BCUT2D eigenvalue weighted by molar-refractivity contribution is -0.126. The van der Waals surface area contributed by atoms with Crippen molar-refractivity contribution in [2.45, 2.75) is 6.42 Å². The second kappa shape index (κ2) is 9.11. The summed E-state index contributed by atoms with van der Waals surface area (Å²) in [5.41, 5.74) is 5.78. The number of morpholine rings is 1. The van der Waals surface area contributed by atoms with E-state index in [1.165, 1.54) is 11.3 Å². The number of benzene rings is 1. The van der Waals surface area contributed by atoms with Crippen molar-refractivity contribution in [3.63, 3.8) is 0 Å². The first-order valence-electron chi connectivity index (χ1n) is 9.45. The molecule has 3 heterocycles. The highest BCUT2D eigenvalue weighted by molar-refractivity contribution is 9.10. The van der Waals surface area contributed by atoms with Crippen molar-refractivity contribution in [2.24, 2.45) is 5.92 Å². The molecule has 2 aliphatic heterocycles. The fraction of sp³-hybridized carbons (Fsp3) is 0.368. The summed E-state index contributed by atoms with van der Waals surface area (Å²) in [7, 11) is 0. The second-order valence-corrected chi connectivity index (χ2v) is 8.70. The fourth-order valence-electron chi connectivity index (χ4n) is 3.33. The van der Waals surface area contributed by atoms with Crippen molar-refractivity contribution >= 4 is 55.8 Å². The zero-order chi connectivity index (χ0) is 21.1. The maximum Gasteiger partial charge on any atom is 0.289 e. The molecule has 2 saturated heterocycles. The van der Waals surface area contributed by atoms with Crippen molar-refractivity contribution in [1.29, 1.82) is 0 Å². The van der Waals surface area contributed by atoms with E-state index in [4.69, 9.17) is 4.74 Å². The first kappa shape index (κ1) is 20.8. The minimum atomic E-state index is -0.545. The van der Waals surface area contributed by atoms with Crippen molar-refractivity contribution in [3.8, 4) is 0 Å². The third kappa shape index (κ3) is 4.63. The Morgan fingerprint density at radius 3 is 2.80 bits per heavy atom. The summed E-state index contributed by atoms with van der Waals surface area (Å²) < 4.78 is 6.17. The number of anilines is 2. The van der Waals surface area contributed by atoms with E-state index in [2.05, 4.69) is 36.7 Å². The van der Waals surface area contributed by atoms with E-state index in [-0.39, 0.29) is 24.6 Å². The van der Waals surface area contributed by atoms with E-state index in [0.717, 1.165) is 28.4 Å². The van der Waals surface area contributed by atoms with Crippen LogP contribution in [0.4, 0.5) is 10.8 Å². The average molecular weight is 494 g/mol. The summed E-state index contributed by atoms with van der Waals surface area (Å²) in [5.74, 6) is -1.57. The van der Waals surface area contributed by atoms with Gasteiger partial charge in [0.25, 0.3) is 5.91 Å². The van der Waals surface area contributed by atoms with Crippen LogP contribution in [0.2, 0.25) is 0 Å². The largest absolute Gasteiger partial charge is 0.378 e. The lowest BCUT2D eigenvalue weighted by Gasteiger charge is -2.25. The molecule has 11 heteroatoms. The van der Waals surface area contributed by atoms with Gasteiger partial charge in [0, 0.05) is 41.6 Å². The maximum absolute atomic E-state index is 12.5. The van der Waals surface area contributed by atoms with Gasteiger partial charge in [0.05, 0.1) is 19.1 Å². The van der Waals surface area contributed by atoms with E-state index in [9.17, 15) is 14.4 Å². The van der Waals surface area contributed by atoms with Crippen LogP contribution in [-0.4, -0.2) is 55.6 Å². The molecule has 1 aromatic heterocycles. The summed E-state index contributed by atoms with van der Waals surface area (Å²) in [4.78, 5) is 45.1. The highest BCUT2D eigenvalue weighted by atomic mass is 79.9. The Morgan fingerprint density at radius 1 is 1.23 bits per heavy atom. The van der Waals surface area contributed by atoms with Crippen LogP contribution in [-0.2, 0) is 14.3 Å². The number of nitrogens with zero attached hydrogens (tertiary/aromatic N) is 3. The second-order valence-electron chi connectivity index (χ2n) is 6.94. The average Bonchev–Trinajstić information content (AvgIpc) is 3.40. The number of carbonyl (C=O) groups excluding carboxylic acids is 3. The zero-order valence-electron chi connectivity index (χ0n) is 16.0. The minimum Gasteiger partial charge on any atom is -0.378 e. The van der Waals surface area contributed by atoms with E-state index in [0.29, 0.717) is 13.2 Å². The molecular formula is C19H20BrN5O4S. The van der Waals surface area contributed by atoms with Crippen LogP contribution in [0.25, 0.3) is 0 Å². The summed E-state index contributed by atoms with van der Waals surface area (Å²) in [5, 5.41) is 2.40. The summed E-state index contributed by atoms with van der Waals surface area (Å²) in [6.07, 6.45) is 0.0894. The number of hydrazine groups is 1. The highest BCUT2D eigenvalue weighted by Gasteiger charge is 2.35. The lowest BCUT2D eigenvalue weighted by atomic mass is 10.1. The lowest BCUT2D eigenvalue weighted by Crippen LogP contribution is -2.45. The Morgan fingerprint density at radius 2 is 2.03 bits per heavy atom. The van der Waals surface area contributed by atoms with Gasteiger partial charge in [0.2, 0.25) is 11.8 Å². The van der Waals surface area contributed by atoms with E-state index >= 15 is 0 Å². The number of amides is 3. The molecule has 2 N–H and O–H groups in total. The molecular weight excluding hydrogens is 474 g/mol. The Bertz CT molecular complexity index is 962. The molecule has 0 aliphatic carbocycles. The smallest absolute Gasteiger partial charge is 0.289 e. The molecule has 2 fully saturated rings. The normalized spacial score (nSPS) is 19.1. The number of nitrogens with one attached hydrogen (secondary N) is 2. The highest BCUT2D eigenvalue weighted by Crippen LogP contribution is 2.27. The maximum atomic E-state index is 12.5. The molecule has 4 rings (SSSR count). The number of carbonyl (C=O) groups is 3. The summed E-state index contributed by atoms with van der Waals surface area (Å²) in [6, 6.07) is 7.35. The van der Waals surface area contributed by atoms with E-state index in [1.807, 2.05) is 24.3 Å². The Hall–Kier alpha value is -2.50. The van der Waals surface area contributed by atoms with Gasteiger partial charge in [-0.05, 0) is 18.2 Å². The van der Waals surface area contributed by atoms with Crippen molar-refractivity contribution < 1.29 is 19.1 Å². The molecule has 30 heavy (non-hydrogen) atoms. The first-order chi connectivity index (χ1) is 14.5. The molecule has 3 amide bonds. The van der Waals surface area contributed by atoms with Crippen molar-refractivity contribution in [3.05, 3.63) is 39.8 Å². The van der Waals surface area contributed by atoms with Crippen LogP contribution in [0.3, 0.4) is 0 Å². The number of halogens is 1. The van der Waals surface area contributed by atoms with Gasteiger partial charge in [-0.3, -0.25) is 25.2 Å². The van der Waals surface area contributed by atoms with Crippen LogP contribution in [0.5, 0.6) is 0 Å². The Kier molecular flexibility index (Phi) is 6.30. The Balaban J connectivity index is 1.31. The molecule has 0 saturated carbocycles. The molecule has 2 aliphatic rings. The van der Waals surface area contributed by atoms with Crippen LogP contribution in [0.1, 0.15) is 16.9 Å².